The van der Waals surface area contributed by atoms with Crippen LogP contribution in [0.4, 0.5) is 0 Å². The molecule has 1 aromatic heterocycles. The van der Waals surface area contributed by atoms with Gasteiger partial charge in [-0.1, -0.05) is 30.3 Å². The van der Waals surface area contributed by atoms with E-state index in [-0.39, 0.29) is 5.92 Å². The number of amides is 1. The summed E-state index contributed by atoms with van der Waals surface area (Å²) in [5, 5.41) is 11.8. The van der Waals surface area contributed by atoms with Gasteiger partial charge in [-0.25, -0.2) is 4.68 Å². The van der Waals surface area contributed by atoms with E-state index < -0.39 is 0 Å². The average Bonchev–Trinajstić information content (AvgIpc) is 3.39. The van der Waals surface area contributed by atoms with Gasteiger partial charge in [0.25, 0.3) is 0 Å². The normalized spacial score (nSPS) is 20.2. The Labute approximate surface area is 141 Å². The number of hydrogen-bond donors (Lipinski definition) is 0. The molecule has 0 spiro atoms. The van der Waals surface area contributed by atoms with Gasteiger partial charge >= 0.3 is 0 Å². The van der Waals surface area contributed by atoms with Gasteiger partial charge in [0.2, 0.25) is 5.91 Å². The summed E-state index contributed by atoms with van der Waals surface area (Å²) in [5.41, 5.74) is 1.30. The Hall–Kier alpha value is -2.24. The Bertz CT molecular complexity index is 672. The van der Waals surface area contributed by atoms with E-state index in [4.69, 9.17) is 0 Å². The number of carbonyl (C=O) groups is 1. The number of fused-ring (bicyclic) bond motifs is 1. The molecule has 0 unspecified atom stereocenters. The third-order valence-electron chi connectivity index (χ3n) is 5.12. The molecule has 2 aromatic rings. The summed E-state index contributed by atoms with van der Waals surface area (Å²) in [6.45, 7) is 1.57. The molecule has 1 saturated carbocycles. The van der Waals surface area contributed by atoms with Crippen molar-refractivity contribution in [1.29, 1.82) is 0 Å². The lowest BCUT2D eigenvalue weighted by atomic mass is 9.98. The fourth-order valence-corrected chi connectivity index (χ4v) is 3.54. The van der Waals surface area contributed by atoms with Gasteiger partial charge in [-0.05, 0) is 48.1 Å². The van der Waals surface area contributed by atoms with Gasteiger partial charge in [-0.2, -0.15) is 0 Å². The van der Waals surface area contributed by atoms with E-state index in [0.717, 1.165) is 57.4 Å². The van der Waals surface area contributed by atoms with Crippen LogP contribution in [0.5, 0.6) is 0 Å². The second-order valence-corrected chi connectivity index (χ2v) is 6.84. The first-order chi connectivity index (χ1) is 11.8. The molecule has 2 heterocycles. The predicted molar refractivity (Wildman–Crippen MR) is 89.1 cm³/mol. The maximum absolute atomic E-state index is 13.1. The minimum absolute atomic E-state index is 0.0878. The van der Waals surface area contributed by atoms with E-state index in [1.807, 2.05) is 10.7 Å². The van der Waals surface area contributed by atoms with Crippen molar-refractivity contribution in [2.45, 2.75) is 51.1 Å². The fourth-order valence-electron chi connectivity index (χ4n) is 3.54. The van der Waals surface area contributed by atoms with E-state index in [0.29, 0.717) is 11.9 Å². The lowest BCUT2D eigenvalue weighted by molar-refractivity contribution is -0.136. The monoisotopic (exact) mass is 325 g/mol. The largest absolute Gasteiger partial charge is 0.339 e. The van der Waals surface area contributed by atoms with Crippen molar-refractivity contribution in [1.82, 2.24) is 25.1 Å². The molecule has 1 aliphatic heterocycles. The minimum atomic E-state index is 0.0878. The number of carbonyl (C=O) groups excluding carboxylic acids is 1. The van der Waals surface area contributed by atoms with Gasteiger partial charge in [0, 0.05) is 31.5 Å². The smallest absolute Gasteiger partial charge is 0.226 e. The van der Waals surface area contributed by atoms with Crippen molar-refractivity contribution in [2.24, 2.45) is 5.92 Å². The van der Waals surface area contributed by atoms with E-state index >= 15 is 0 Å². The first-order valence-corrected chi connectivity index (χ1v) is 8.91. The molecule has 1 aromatic carbocycles. The second kappa shape index (κ2) is 6.71. The van der Waals surface area contributed by atoms with E-state index in [1.165, 1.54) is 5.56 Å². The Morgan fingerprint density at radius 1 is 1.17 bits per heavy atom. The highest BCUT2D eigenvalue weighted by molar-refractivity contribution is 5.79. The standard InChI is InChI=1S/C18H23N5O/c24-18(15-6-9-17-19-20-21-23(17)13-11-15)22(16-7-8-16)12-10-14-4-2-1-3-5-14/h1-5,15-16H,6-13H2/t15-/m0/s1. The number of rotatable bonds is 5. The zero-order valence-electron chi connectivity index (χ0n) is 13.8. The summed E-state index contributed by atoms with van der Waals surface area (Å²) < 4.78 is 1.85. The molecule has 1 aliphatic carbocycles. The van der Waals surface area contributed by atoms with Crippen LogP contribution >= 0.6 is 0 Å². The second-order valence-electron chi connectivity index (χ2n) is 6.84. The first-order valence-electron chi connectivity index (χ1n) is 8.91. The van der Waals surface area contributed by atoms with Crippen LogP contribution < -0.4 is 0 Å². The maximum atomic E-state index is 13.1. The minimum Gasteiger partial charge on any atom is -0.339 e. The Morgan fingerprint density at radius 3 is 2.79 bits per heavy atom. The Balaban J connectivity index is 1.40. The number of tetrazole rings is 1. The van der Waals surface area contributed by atoms with Crippen molar-refractivity contribution in [3.05, 3.63) is 41.7 Å². The lowest BCUT2D eigenvalue weighted by Crippen LogP contribution is -2.39. The number of hydrogen-bond acceptors (Lipinski definition) is 4. The van der Waals surface area contributed by atoms with E-state index in [1.54, 1.807) is 0 Å². The van der Waals surface area contributed by atoms with Gasteiger partial charge in [-0.3, -0.25) is 4.79 Å². The molecular formula is C18H23N5O. The summed E-state index contributed by atoms with van der Waals surface area (Å²) in [5.74, 6) is 1.32. The molecule has 0 bridgehead atoms. The van der Waals surface area contributed by atoms with Gasteiger partial charge < -0.3 is 4.90 Å². The molecule has 0 N–H and O–H groups in total. The number of aryl methyl sites for hydroxylation is 2. The predicted octanol–water partition coefficient (Wildman–Crippen LogP) is 1.86. The summed E-state index contributed by atoms with van der Waals surface area (Å²) in [4.78, 5) is 15.2. The molecule has 0 saturated heterocycles. The fraction of sp³-hybridized carbons (Fsp3) is 0.556. The average molecular weight is 325 g/mol. The van der Waals surface area contributed by atoms with E-state index in [9.17, 15) is 4.79 Å². The van der Waals surface area contributed by atoms with Crippen molar-refractivity contribution < 1.29 is 4.79 Å². The van der Waals surface area contributed by atoms with Crippen LogP contribution in [0.25, 0.3) is 0 Å². The summed E-state index contributed by atoms with van der Waals surface area (Å²) >= 11 is 0. The highest BCUT2D eigenvalue weighted by Gasteiger charge is 2.36. The lowest BCUT2D eigenvalue weighted by Gasteiger charge is -2.27. The number of nitrogens with zero attached hydrogens (tertiary/aromatic N) is 5. The van der Waals surface area contributed by atoms with Gasteiger partial charge in [0.1, 0.15) is 0 Å². The number of benzene rings is 1. The van der Waals surface area contributed by atoms with Crippen molar-refractivity contribution in [3.8, 4) is 0 Å². The highest BCUT2D eigenvalue weighted by atomic mass is 16.2. The summed E-state index contributed by atoms with van der Waals surface area (Å²) in [6, 6.07) is 10.9. The van der Waals surface area contributed by atoms with Gasteiger partial charge in [-0.15, -0.1) is 5.10 Å². The molecule has 1 atom stereocenters. The molecule has 1 fully saturated rings. The summed E-state index contributed by atoms with van der Waals surface area (Å²) in [7, 11) is 0. The van der Waals surface area contributed by atoms with Crippen LogP contribution in [0.1, 0.15) is 37.1 Å². The summed E-state index contributed by atoms with van der Waals surface area (Å²) in [6.07, 6.45) is 5.73. The zero-order chi connectivity index (χ0) is 16.4. The van der Waals surface area contributed by atoms with Gasteiger partial charge in [0.15, 0.2) is 5.82 Å². The topological polar surface area (TPSA) is 63.9 Å². The zero-order valence-corrected chi connectivity index (χ0v) is 13.8. The molecule has 126 valence electrons. The van der Waals surface area contributed by atoms with Crippen LogP contribution in [0.2, 0.25) is 0 Å². The molecule has 4 rings (SSSR count). The van der Waals surface area contributed by atoms with Crippen LogP contribution in [-0.4, -0.2) is 43.6 Å². The van der Waals surface area contributed by atoms with Crippen molar-refractivity contribution >= 4 is 5.91 Å². The molecule has 6 heteroatoms. The molecule has 0 radical (unpaired) electrons. The quantitative estimate of drug-likeness (QED) is 0.842. The molecule has 24 heavy (non-hydrogen) atoms. The highest BCUT2D eigenvalue weighted by Crippen LogP contribution is 2.30. The van der Waals surface area contributed by atoms with Crippen LogP contribution in [0.3, 0.4) is 0 Å². The van der Waals surface area contributed by atoms with Crippen LogP contribution in [-0.2, 0) is 24.2 Å². The molecule has 2 aliphatic rings. The maximum Gasteiger partial charge on any atom is 0.226 e. The van der Waals surface area contributed by atoms with Crippen molar-refractivity contribution in [2.75, 3.05) is 6.54 Å². The third-order valence-corrected chi connectivity index (χ3v) is 5.12. The molecule has 6 nitrogen and oxygen atoms in total. The number of aromatic nitrogens is 4. The first kappa shape index (κ1) is 15.3. The Morgan fingerprint density at radius 2 is 2.00 bits per heavy atom. The third kappa shape index (κ3) is 3.32. The molecular weight excluding hydrogens is 302 g/mol. The SMILES string of the molecule is O=C([C@H]1CCc2nnnn2CC1)N(CCc1ccccc1)C1CC1. The van der Waals surface area contributed by atoms with Crippen LogP contribution in [0.15, 0.2) is 30.3 Å². The van der Waals surface area contributed by atoms with Crippen molar-refractivity contribution in [3.63, 3.8) is 0 Å². The molecule has 1 amide bonds. The van der Waals surface area contributed by atoms with Gasteiger partial charge in [0.05, 0.1) is 0 Å². The Kier molecular flexibility index (Phi) is 4.28. The van der Waals surface area contributed by atoms with E-state index in [2.05, 4.69) is 44.7 Å². The van der Waals surface area contributed by atoms with Crippen LogP contribution in [0, 0.1) is 5.92 Å².